The van der Waals surface area contributed by atoms with E-state index in [9.17, 15) is 9.50 Å². The second kappa shape index (κ2) is 7.21. The zero-order valence-corrected chi connectivity index (χ0v) is 13.0. The van der Waals surface area contributed by atoms with E-state index in [1.54, 1.807) is 24.4 Å². The number of halogens is 1. The second-order valence-electron chi connectivity index (χ2n) is 6.12. The fourth-order valence-electron chi connectivity index (χ4n) is 3.00. The van der Waals surface area contributed by atoms with Crippen molar-refractivity contribution in [2.45, 2.75) is 19.4 Å². The molecule has 124 valence electrons. The first-order chi connectivity index (χ1) is 11.2. The van der Waals surface area contributed by atoms with Gasteiger partial charge in [-0.05, 0) is 25.0 Å². The van der Waals surface area contributed by atoms with Crippen molar-refractivity contribution in [2.75, 3.05) is 26.4 Å². The zero-order chi connectivity index (χ0) is 16.1. The van der Waals surface area contributed by atoms with Gasteiger partial charge in [0.1, 0.15) is 5.82 Å². The van der Waals surface area contributed by atoms with Crippen molar-refractivity contribution in [3.63, 3.8) is 0 Å². The van der Waals surface area contributed by atoms with Gasteiger partial charge < -0.3 is 15.2 Å². The Morgan fingerprint density at radius 1 is 1.30 bits per heavy atom. The smallest absolute Gasteiger partial charge is 0.132 e. The Morgan fingerprint density at radius 2 is 2.09 bits per heavy atom. The lowest BCUT2D eigenvalue weighted by Gasteiger charge is -2.35. The molecule has 0 atom stereocenters. The van der Waals surface area contributed by atoms with Gasteiger partial charge in [0.2, 0.25) is 0 Å². The molecule has 0 unspecified atom stereocenters. The zero-order valence-electron chi connectivity index (χ0n) is 13.0. The van der Waals surface area contributed by atoms with Gasteiger partial charge in [0.05, 0.1) is 18.5 Å². The molecule has 3 N–H and O–H groups in total. The topological polar surface area (TPSA) is 70.2 Å². The molecule has 3 rings (SSSR count). The highest BCUT2D eigenvalue weighted by atomic mass is 19.1. The highest BCUT2D eigenvalue weighted by Crippen LogP contribution is 2.29. The SMILES string of the molecule is OCC1(CNCc2cn[nH]c2-c2ccccc2F)CCOCC1. The summed E-state index contributed by atoms with van der Waals surface area (Å²) < 4.78 is 19.3. The predicted octanol–water partition coefficient (Wildman–Crippen LogP) is 2.09. The molecule has 1 fully saturated rings. The molecule has 1 aliphatic rings. The highest BCUT2D eigenvalue weighted by molar-refractivity contribution is 5.63. The van der Waals surface area contributed by atoms with E-state index >= 15 is 0 Å². The van der Waals surface area contributed by atoms with Crippen LogP contribution in [0.3, 0.4) is 0 Å². The minimum absolute atomic E-state index is 0.125. The van der Waals surface area contributed by atoms with E-state index in [4.69, 9.17) is 4.74 Å². The minimum Gasteiger partial charge on any atom is -0.396 e. The quantitative estimate of drug-likeness (QED) is 0.762. The summed E-state index contributed by atoms with van der Waals surface area (Å²) in [6, 6.07) is 6.65. The van der Waals surface area contributed by atoms with Crippen LogP contribution in [0.25, 0.3) is 11.3 Å². The van der Waals surface area contributed by atoms with Gasteiger partial charge in [0.25, 0.3) is 0 Å². The summed E-state index contributed by atoms with van der Waals surface area (Å²) in [5.41, 5.74) is 2.00. The Balaban J connectivity index is 1.66. The first-order valence-electron chi connectivity index (χ1n) is 7.91. The lowest BCUT2D eigenvalue weighted by molar-refractivity contribution is -0.0154. The number of aliphatic hydroxyl groups is 1. The molecule has 2 aromatic rings. The maximum Gasteiger partial charge on any atom is 0.132 e. The summed E-state index contributed by atoms with van der Waals surface area (Å²) in [6.07, 6.45) is 3.41. The van der Waals surface area contributed by atoms with Crippen LogP contribution in [0.5, 0.6) is 0 Å². The summed E-state index contributed by atoms with van der Waals surface area (Å²) >= 11 is 0. The fraction of sp³-hybridized carbons (Fsp3) is 0.471. The summed E-state index contributed by atoms with van der Waals surface area (Å²) in [6.45, 7) is 2.80. The van der Waals surface area contributed by atoms with Crippen LogP contribution < -0.4 is 5.32 Å². The largest absolute Gasteiger partial charge is 0.396 e. The van der Waals surface area contributed by atoms with Crippen molar-refractivity contribution < 1.29 is 14.2 Å². The third-order valence-electron chi connectivity index (χ3n) is 4.57. The van der Waals surface area contributed by atoms with Crippen LogP contribution >= 0.6 is 0 Å². The standard InChI is InChI=1S/C17H22FN3O2/c18-15-4-2-1-3-14(15)16-13(10-20-21-16)9-19-11-17(12-22)5-7-23-8-6-17/h1-4,10,19,22H,5-9,11-12H2,(H,20,21). The molecule has 2 heterocycles. The van der Waals surface area contributed by atoms with Gasteiger partial charge in [0, 0.05) is 42.8 Å². The number of nitrogens with one attached hydrogen (secondary N) is 2. The van der Waals surface area contributed by atoms with Crippen molar-refractivity contribution in [3.8, 4) is 11.3 Å². The second-order valence-corrected chi connectivity index (χ2v) is 6.12. The number of hydrogen-bond donors (Lipinski definition) is 3. The molecule has 1 saturated heterocycles. The Hall–Kier alpha value is -1.76. The van der Waals surface area contributed by atoms with E-state index < -0.39 is 0 Å². The van der Waals surface area contributed by atoms with Crippen molar-refractivity contribution in [3.05, 3.63) is 41.8 Å². The number of benzene rings is 1. The normalized spacial score (nSPS) is 17.3. The molecule has 0 aliphatic carbocycles. The molecule has 0 spiro atoms. The van der Waals surface area contributed by atoms with Crippen LogP contribution in [0.2, 0.25) is 0 Å². The van der Waals surface area contributed by atoms with Gasteiger partial charge >= 0.3 is 0 Å². The molecule has 1 aromatic carbocycles. The van der Waals surface area contributed by atoms with Crippen molar-refractivity contribution in [1.82, 2.24) is 15.5 Å². The fourth-order valence-corrected chi connectivity index (χ4v) is 3.00. The molecule has 6 heteroatoms. The van der Waals surface area contributed by atoms with Gasteiger partial charge in [0.15, 0.2) is 0 Å². The molecule has 23 heavy (non-hydrogen) atoms. The average molecular weight is 319 g/mol. The average Bonchev–Trinajstić information content (AvgIpc) is 3.04. The first kappa shape index (κ1) is 16.1. The maximum atomic E-state index is 13.9. The number of rotatable bonds is 6. The van der Waals surface area contributed by atoms with E-state index in [2.05, 4.69) is 15.5 Å². The Bertz CT molecular complexity index is 638. The number of aromatic amines is 1. The molecule has 0 saturated carbocycles. The predicted molar refractivity (Wildman–Crippen MR) is 85.3 cm³/mol. The first-order valence-corrected chi connectivity index (χ1v) is 7.91. The number of aliphatic hydroxyl groups excluding tert-OH is 1. The van der Waals surface area contributed by atoms with Crippen LogP contribution in [0.15, 0.2) is 30.5 Å². The molecule has 5 nitrogen and oxygen atoms in total. The van der Waals surface area contributed by atoms with Gasteiger partial charge in [-0.15, -0.1) is 0 Å². The molecule has 1 aliphatic heterocycles. The number of hydrogen-bond acceptors (Lipinski definition) is 4. The van der Waals surface area contributed by atoms with Crippen molar-refractivity contribution >= 4 is 0 Å². The van der Waals surface area contributed by atoms with Crippen molar-refractivity contribution in [1.29, 1.82) is 0 Å². The minimum atomic E-state index is -0.269. The van der Waals surface area contributed by atoms with Gasteiger partial charge in [-0.2, -0.15) is 5.10 Å². The lowest BCUT2D eigenvalue weighted by Crippen LogP contribution is -2.41. The summed E-state index contributed by atoms with van der Waals surface area (Å²) in [7, 11) is 0. The Morgan fingerprint density at radius 3 is 2.83 bits per heavy atom. The van der Waals surface area contributed by atoms with E-state index in [0.29, 0.717) is 37.6 Å². The van der Waals surface area contributed by atoms with E-state index in [1.165, 1.54) is 6.07 Å². The molecular formula is C17H22FN3O2. The van der Waals surface area contributed by atoms with Crippen LogP contribution in [0.4, 0.5) is 4.39 Å². The number of nitrogens with zero attached hydrogens (tertiary/aromatic N) is 1. The van der Waals surface area contributed by atoms with E-state index in [1.807, 2.05) is 0 Å². The summed E-state index contributed by atoms with van der Waals surface area (Å²) in [5, 5.41) is 20.0. The molecule has 0 bridgehead atoms. The number of aromatic nitrogens is 2. The van der Waals surface area contributed by atoms with Crippen molar-refractivity contribution in [2.24, 2.45) is 5.41 Å². The van der Waals surface area contributed by atoms with Crippen LogP contribution in [-0.2, 0) is 11.3 Å². The third kappa shape index (κ3) is 3.60. The molecule has 0 amide bonds. The van der Waals surface area contributed by atoms with Gasteiger partial charge in [-0.25, -0.2) is 4.39 Å². The Kier molecular flexibility index (Phi) is 5.05. The maximum absolute atomic E-state index is 13.9. The van der Waals surface area contributed by atoms with Crippen LogP contribution in [0, 0.1) is 11.2 Å². The number of ether oxygens (including phenoxy) is 1. The third-order valence-corrected chi connectivity index (χ3v) is 4.57. The van der Waals surface area contributed by atoms with Gasteiger partial charge in [-0.3, -0.25) is 5.10 Å². The van der Waals surface area contributed by atoms with E-state index in [-0.39, 0.29) is 17.8 Å². The van der Waals surface area contributed by atoms with Crippen LogP contribution in [-0.4, -0.2) is 41.7 Å². The molecule has 1 aromatic heterocycles. The number of H-pyrrole nitrogens is 1. The molecular weight excluding hydrogens is 297 g/mol. The molecule has 0 radical (unpaired) electrons. The van der Waals surface area contributed by atoms with Gasteiger partial charge in [-0.1, -0.05) is 12.1 Å². The van der Waals surface area contributed by atoms with E-state index in [0.717, 1.165) is 18.4 Å². The van der Waals surface area contributed by atoms with Crippen LogP contribution in [0.1, 0.15) is 18.4 Å². The highest BCUT2D eigenvalue weighted by Gasteiger charge is 2.31. The summed E-state index contributed by atoms with van der Waals surface area (Å²) in [5.74, 6) is -0.269. The monoisotopic (exact) mass is 319 g/mol. The Labute approximate surface area is 134 Å². The summed E-state index contributed by atoms with van der Waals surface area (Å²) in [4.78, 5) is 0. The lowest BCUT2D eigenvalue weighted by atomic mass is 9.81.